The largest absolute Gasteiger partial charge is 0.321 e. The average Bonchev–Trinajstić information content (AvgIpc) is 3.11. The van der Waals surface area contributed by atoms with Crippen LogP contribution in [0.15, 0.2) is 84.6 Å². The highest BCUT2D eigenvalue weighted by Gasteiger charge is 2.16. The van der Waals surface area contributed by atoms with Gasteiger partial charge < -0.3 is 5.32 Å². The van der Waals surface area contributed by atoms with Crippen LogP contribution in [0.3, 0.4) is 0 Å². The first kappa shape index (κ1) is 18.5. The summed E-state index contributed by atoms with van der Waals surface area (Å²) in [6.45, 7) is 0. The van der Waals surface area contributed by atoms with Gasteiger partial charge in [-0.3, -0.25) is 9.20 Å². The molecule has 1 amide bonds. The second-order valence-corrected chi connectivity index (χ2v) is 6.71. The summed E-state index contributed by atoms with van der Waals surface area (Å²) < 4.78 is 1.85. The highest BCUT2D eigenvalue weighted by atomic mass is 35.5. The molecular weight excluding hydrogens is 384 g/mol. The normalized spacial score (nSPS) is 11.2. The van der Waals surface area contributed by atoms with Crippen LogP contribution in [-0.4, -0.2) is 15.3 Å². The first-order chi connectivity index (χ1) is 14.2. The minimum absolute atomic E-state index is 0.0344. The maximum absolute atomic E-state index is 12.7. The van der Waals surface area contributed by atoms with Crippen molar-refractivity contribution < 1.29 is 4.79 Å². The molecule has 140 valence electrons. The fourth-order valence-electron chi connectivity index (χ4n) is 3.01. The molecule has 0 fully saturated rings. The van der Waals surface area contributed by atoms with Crippen LogP contribution in [0.1, 0.15) is 5.69 Å². The van der Waals surface area contributed by atoms with Crippen LogP contribution < -0.4 is 5.32 Å². The number of carbonyl (C=O) groups excluding carboxylic acids is 1. The van der Waals surface area contributed by atoms with Gasteiger partial charge in [0.05, 0.1) is 11.4 Å². The zero-order chi connectivity index (χ0) is 20.2. The van der Waals surface area contributed by atoms with Crippen LogP contribution in [0.25, 0.3) is 23.0 Å². The minimum Gasteiger partial charge on any atom is -0.321 e. The third kappa shape index (κ3) is 3.88. The van der Waals surface area contributed by atoms with Crippen molar-refractivity contribution in [3.05, 3.63) is 95.3 Å². The lowest BCUT2D eigenvalue weighted by Crippen LogP contribution is -2.13. The van der Waals surface area contributed by atoms with E-state index in [4.69, 9.17) is 11.6 Å². The third-order valence-electron chi connectivity index (χ3n) is 4.34. The van der Waals surface area contributed by atoms with Crippen molar-refractivity contribution >= 4 is 34.9 Å². The number of aromatic nitrogens is 2. The Morgan fingerprint density at radius 1 is 1.07 bits per heavy atom. The molecule has 2 aromatic carbocycles. The average molecular weight is 399 g/mol. The quantitative estimate of drug-likeness (QED) is 0.379. The van der Waals surface area contributed by atoms with Gasteiger partial charge in [-0.2, -0.15) is 5.26 Å². The molecule has 0 bridgehead atoms. The lowest BCUT2D eigenvalue weighted by Gasteiger charge is -2.05. The Bertz CT molecular complexity index is 1270. The highest BCUT2D eigenvalue weighted by Crippen LogP contribution is 2.26. The molecular formula is C23H15ClN4O. The predicted octanol–water partition coefficient (Wildman–Crippen LogP) is 5.20. The van der Waals surface area contributed by atoms with Gasteiger partial charge in [-0.15, -0.1) is 0 Å². The number of nitriles is 1. The van der Waals surface area contributed by atoms with E-state index in [9.17, 15) is 10.1 Å². The summed E-state index contributed by atoms with van der Waals surface area (Å²) in [5.41, 5.74) is 3.46. The van der Waals surface area contributed by atoms with E-state index < -0.39 is 5.91 Å². The van der Waals surface area contributed by atoms with E-state index in [0.29, 0.717) is 22.1 Å². The molecule has 29 heavy (non-hydrogen) atoms. The van der Waals surface area contributed by atoms with Gasteiger partial charge in [-0.1, -0.05) is 54.1 Å². The van der Waals surface area contributed by atoms with Gasteiger partial charge in [-0.05, 0) is 36.4 Å². The predicted molar refractivity (Wildman–Crippen MR) is 114 cm³/mol. The van der Waals surface area contributed by atoms with E-state index >= 15 is 0 Å². The molecule has 2 heterocycles. The molecule has 1 N–H and O–H groups in total. The zero-order valence-corrected chi connectivity index (χ0v) is 16.0. The maximum Gasteiger partial charge on any atom is 0.266 e. The van der Waals surface area contributed by atoms with Crippen molar-refractivity contribution in [2.75, 3.05) is 5.32 Å². The minimum atomic E-state index is -0.514. The van der Waals surface area contributed by atoms with Gasteiger partial charge in [0.1, 0.15) is 17.3 Å². The SMILES string of the molecule is N#C/C(=C\c1c(-c2ccccc2)nc2ccccn12)C(=O)Nc1cccc(Cl)c1. The summed E-state index contributed by atoms with van der Waals surface area (Å²) in [5.74, 6) is -0.514. The van der Waals surface area contributed by atoms with Gasteiger partial charge >= 0.3 is 0 Å². The number of anilines is 1. The molecule has 0 saturated heterocycles. The van der Waals surface area contributed by atoms with Crippen molar-refractivity contribution in [2.45, 2.75) is 0 Å². The second kappa shape index (κ2) is 8.01. The topological polar surface area (TPSA) is 70.2 Å². The Morgan fingerprint density at radius 2 is 1.86 bits per heavy atom. The molecule has 2 aromatic heterocycles. The standard InChI is InChI=1S/C23H15ClN4O/c24-18-9-6-10-19(14-18)26-23(29)17(15-25)13-20-22(16-7-2-1-3-8-16)27-21-11-4-5-12-28(20)21/h1-14H,(H,26,29)/b17-13+. The summed E-state index contributed by atoms with van der Waals surface area (Å²) >= 11 is 5.97. The first-order valence-electron chi connectivity index (χ1n) is 8.87. The Kier molecular flexibility index (Phi) is 5.10. The molecule has 0 aliphatic heterocycles. The van der Waals surface area contributed by atoms with Gasteiger partial charge in [0.25, 0.3) is 5.91 Å². The van der Waals surface area contributed by atoms with Crippen LogP contribution in [0.2, 0.25) is 5.02 Å². The molecule has 0 aliphatic carbocycles. The van der Waals surface area contributed by atoms with Crippen LogP contribution in [0, 0.1) is 11.3 Å². The number of carbonyl (C=O) groups is 1. The van der Waals surface area contributed by atoms with Crippen molar-refractivity contribution in [1.82, 2.24) is 9.38 Å². The number of imidazole rings is 1. The number of fused-ring (bicyclic) bond motifs is 1. The van der Waals surface area contributed by atoms with Gasteiger partial charge in [-0.25, -0.2) is 4.98 Å². The first-order valence-corrected chi connectivity index (χ1v) is 9.25. The van der Waals surface area contributed by atoms with E-state index in [1.54, 1.807) is 30.3 Å². The fraction of sp³-hybridized carbons (Fsp3) is 0. The Morgan fingerprint density at radius 3 is 2.62 bits per heavy atom. The number of amides is 1. The van der Waals surface area contributed by atoms with Crippen molar-refractivity contribution in [2.24, 2.45) is 0 Å². The lowest BCUT2D eigenvalue weighted by molar-refractivity contribution is -0.112. The number of halogens is 1. The smallest absolute Gasteiger partial charge is 0.266 e. The maximum atomic E-state index is 12.7. The van der Waals surface area contributed by atoms with Crippen molar-refractivity contribution in [3.63, 3.8) is 0 Å². The van der Waals surface area contributed by atoms with E-state index in [1.807, 2.05) is 65.2 Å². The number of benzene rings is 2. The van der Waals surface area contributed by atoms with Gasteiger partial charge in [0, 0.05) is 22.5 Å². The molecule has 4 rings (SSSR count). The monoisotopic (exact) mass is 398 g/mol. The molecule has 6 heteroatoms. The fourth-order valence-corrected chi connectivity index (χ4v) is 3.20. The Hall–Kier alpha value is -3.88. The van der Waals surface area contributed by atoms with Crippen LogP contribution in [0.4, 0.5) is 5.69 Å². The summed E-state index contributed by atoms with van der Waals surface area (Å²) in [4.78, 5) is 17.4. The molecule has 0 radical (unpaired) electrons. The Labute approximate surface area is 172 Å². The molecule has 4 aromatic rings. The number of pyridine rings is 1. The summed E-state index contributed by atoms with van der Waals surface area (Å²) in [7, 11) is 0. The van der Waals surface area contributed by atoms with E-state index in [2.05, 4.69) is 10.3 Å². The van der Waals surface area contributed by atoms with E-state index in [0.717, 1.165) is 11.2 Å². The van der Waals surface area contributed by atoms with Gasteiger partial charge in [0.15, 0.2) is 0 Å². The zero-order valence-electron chi connectivity index (χ0n) is 15.2. The number of rotatable bonds is 4. The number of hydrogen-bond acceptors (Lipinski definition) is 3. The summed E-state index contributed by atoms with van der Waals surface area (Å²) in [5, 5.41) is 12.8. The van der Waals surface area contributed by atoms with Crippen molar-refractivity contribution in [1.29, 1.82) is 5.26 Å². The molecule has 0 spiro atoms. The van der Waals surface area contributed by atoms with Crippen LogP contribution in [-0.2, 0) is 4.79 Å². The molecule has 5 nitrogen and oxygen atoms in total. The summed E-state index contributed by atoms with van der Waals surface area (Å²) in [6.07, 6.45) is 3.41. The lowest BCUT2D eigenvalue weighted by atomic mass is 10.1. The van der Waals surface area contributed by atoms with E-state index in [-0.39, 0.29) is 5.57 Å². The number of nitrogens with one attached hydrogen (secondary N) is 1. The molecule has 0 saturated carbocycles. The Balaban J connectivity index is 1.79. The molecule has 0 aliphatic rings. The number of nitrogens with zero attached hydrogens (tertiary/aromatic N) is 3. The molecule has 0 unspecified atom stereocenters. The molecule has 0 atom stereocenters. The van der Waals surface area contributed by atoms with Crippen LogP contribution >= 0.6 is 11.6 Å². The van der Waals surface area contributed by atoms with E-state index in [1.165, 1.54) is 0 Å². The van der Waals surface area contributed by atoms with Crippen LogP contribution in [0.5, 0.6) is 0 Å². The van der Waals surface area contributed by atoms with Crippen molar-refractivity contribution in [3.8, 4) is 17.3 Å². The third-order valence-corrected chi connectivity index (χ3v) is 4.58. The summed E-state index contributed by atoms with van der Waals surface area (Å²) in [6, 6.07) is 24.1. The number of hydrogen-bond donors (Lipinski definition) is 1. The van der Waals surface area contributed by atoms with Gasteiger partial charge in [0.2, 0.25) is 0 Å². The highest BCUT2D eigenvalue weighted by molar-refractivity contribution is 6.31. The second-order valence-electron chi connectivity index (χ2n) is 6.27.